The normalized spacial score (nSPS) is 13.9. The van der Waals surface area contributed by atoms with E-state index in [0.717, 1.165) is 34.1 Å². The number of hydrogen-bond acceptors (Lipinski definition) is 6. The summed E-state index contributed by atoms with van der Waals surface area (Å²) >= 11 is 1.35. The van der Waals surface area contributed by atoms with Crippen LogP contribution in [0.1, 0.15) is 44.1 Å². The van der Waals surface area contributed by atoms with Crippen LogP contribution < -0.4 is 16.4 Å². The van der Waals surface area contributed by atoms with Crippen molar-refractivity contribution in [2.75, 3.05) is 29.5 Å². The highest BCUT2D eigenvalue weighted by Crippen LogP contribution is 2.31. The molecule has 0 aliphatic heterocycles. The average Bonchev–Trinajstić information content (AvgIpc) is 3.39. The van der Waals surface area contributed by atoms with Crippen LogP contribution in [0, 0.1) is 17.8 Å². The number of hydrogen-bond donors (Lipinski definition) is 4. The van der Waals surface area contributed by atoms with Gasteiger partial charge in [0.05, 0.1) is 22.6 Å². The number of thiazole rings is 1. The first-order chi connectivity index (χ1) is 14.7. The van der Waals surface area contributed by atoms with E-state index in [1.54, 1.807) is 6.07 Å². The number of phenolic OH excluding ortho intramolecular Hbond substituents is 1. The monoisotopic (exact) mass is 420 g/mol. The molecule has 0 bridgehead atoms. The van der Waals surface area contributed by atoms with Crippen molar-refractivity contribution in [3.63, 3.8) is 0 Å². The Kier molecular flexibility index (Phi) is 6.60. The highest BCUT2D eigenvalue weighted by atomic mass is 32.1. The molecule has 0 amide bonds. The summed E-state index contributed by atoms with van der Waals surface area (Å²) in [7, 11) is 0. The van der Waals surface area contributed by atoms with E-state index in [9.17, 15) is 5.11 Å². The Labute approximate surface area is 181 Å². The number of rotatable bonds is 7. The molecule has 1 aliphatic rings. The lowest BCUT2D eigenvalue weighted by atomic mass is 10.0. The largest absolute Gasteiger partial charge is 0.506 e. The predicted octanol–water partition coefficient (Wildman–Crippen LogP) is 5.43. The van der Waals surface area contributed by atoms with Gasteiger partial charge in [-0.25, -0.2) is 4.98 Å². The number of benzene rings is 2. The molecule has 2 aromatic carbocycles. The van der Waals surface area contributed by atoms with Crippen LogP contribution in [0.15, 0.2) is 36.4 Å². The van der Waals surface area contributed by atoms with Gasteiger partial charge in [0.15, 0.2) is 5.13 Å². The highest BCUT2D eigenvalue weighted by Gasteiger charge is 2.14. The molecule has 1 heterocycles. The fourth-order valence-corrected chi connectivity index (χ4v) is 4.89. The molecule has 156 valence electrons. The summed E-state index contributed by atoms with van der Waals surface area (Å²) in [4.78, 5) is 4.13. The van der Waals surface area contributed by atoms with Crippen LogP contribution >= 0.6 is 11.3 Å². The van der Waals surface area contributed by atoms with Gasteiger partial charge in [-0.1, -0.05) is 61.0 Å². The summed E-state index contributed by atoms with van der Waals surface area (Å²) in [5, 5.41) is 17.5. The zero-order valence-corrected chi connectivity index (χ0v) is 17.9. The zero-order valence-electron chi connectivity index (χ0n) is 17.1. The first kappa shape index (κ1) is 20.4. The number of aromatic nitrogens is 1. The second-order valence-corrected chi connectivity index (χ2v) is 8.88. The molecule has 4 rings (SSSR count). The smallest absolute Gasteiger partial charge is 0.181 e. The number of nitrogens with zero attached hydrogens (tertiary/aromatic N) is 1. The highest BCUT2D eigenvalue weighted by molar-refractivity contribution is 7.22. The summed E-state index contributed by atoms with van der Waals surface area (Å²) in [6.45, 7) is 1.52. The quantitative estimate of drug-likeness (QED) is 0.303. The first-order valence-electron chi connectivity index (χ1n) is 10.6. The third-order valence-corrected chi connectivity index (χ3v) is 6.43. The number of nitrogens with one attached hydrogen (secondary N) is 2. The van der Waals surface area contributed by atoms with E-state index in [1.165, 1.54) is 49.9 Å². The minimum absolute atomic E-state index is 0.116. The van der Waals surface area contributed by atoms with Crippen molar-refractivity contribution in [2.45, 2.75) is 38.5 Å². The Morgan fingerprint density at radius 2 is 1.90 bits per heavy atom. The summed E-state index contributed by atoms with van der Waals surface area (Å²) in [6.07, 6.45) is 8.20. The van der Waals surface area contributed by atoms with Crippen molar-refractivity contribution in [3.05, 3.63) is 42.0 Å². The van der Waals surface area contributed by atoms with Gasteiger partial charge in [0.1, 0.15) is 11.3 Å². The standard InChI is InChI=1S/C24H28N4OS/c25-24-28-23-21(29)15-18(16-22(23)30-24)10-6-14-27-20-12-4-3-11-19(20)26-13-5-9-17-7-1-2-8-17/h3-4,11-12,15-17,26-27,29H,1-2,5,7-9,13-14H2,(H2,25,28). The second-order valence-electron chi connectivity index (χ2n) is 7.81. The third kappa shape index (κ3) is 5.17. The number of fused-ring (bicyclic) bond motifs is 1. The Hall–Kier alpha value is -2.91. The van der Waals surface area contributed by atoms with E-state index in [-0.39, 0.29) is 5.75 Å². The molecular formula is C24H28N4OS. The second kappa shape index (κ2) is 9.73. The van der Waals surface area contributed by atoms with Crippen molar-refractivity contribution >= 4 is 38.1 Å². The maximum atomic E-state index is 10.1. The molecule has 30 heavy (non-hydrogen) atoms. The Bertz CT molecular complexity index is 1060. The van der Waals surface area contributed by atoms with Gasteiger partial charge >= 0.3 is 0 Å². The number of para-hydroxylation sites is 2. The Morgan fingerprint density at radius 1 is 1.13 bits per heavy atom. The molecular weight excluding hydrogens is 392 g/mol. The number of aromatic hydroxyl groups is 1. The van der Waals surface area contributed by atoms with Crippen molar-refractivity contribution < 1.29 is 5.11 Å². The molecule has 1 saturated carbocycles. The summed E-state index contributed by atoms with van der Waals surface area (Å²) in [6, 6.07) is 11.8. The van der Waals surface area contributed by atoms with E-state index in [2.05, 4.69) is 45.7 Å². The summed E-state index contributed by atoms with van der Waals surface area (Å²) < 4.78 is 0.844. The molecule has 1 aromatic heterocycles. The fourth-order valence-electron chi connectivity index (χ4n) is 4.09. The first-order valence-corrected chi connectivity index (χ1v) is 11.5. The van der Waals surface area contributed by atoms with Crippen LogP contribution in [0.25, 0.3) is 10.2 Å². The lowest BCUT2D eigenvalue weighted by molar-refractivity contribution is 0.480. The van der Waals surface area contributed by atoms with Gasteiger partial charge in [0, 0.05) is 12.1 Å². The maximum Gasteiger partial charge on any atom is 0.181 e. The fraction of sp³-hybridized carbons (Fsp3) is 0.375. The molecule has 1 fully saturated rings. The van der Waals surface area contributed by atoms with E-state index in [0.29, 0.717) is 17.2 Å². The summed E-state index contributed by atoms with van der Waals surface area (Å²) in [5.74, 6) is 7.29. The average molecular weight is 421 g/mol. The molecule has 5 N–H and O–H groups in total. The van der Waals surface area contributed by atoms with Crippen LogP contribution in [0.5, 0.6) is 5.75 Å². The SMILES string of the molecule is Nc1nc2c(O)cc(C#CCNc3ccccc3NCCCC3CCCC3)cc2s1. The number of nitrogens with two attached hydrogens (primary N) is 1. The molecule has 3 aromatic rings. The van der Waals surface area contributed by atoms with Gasteiger partial charge in [-0.05, 0) is 43.0 Å². The van der Waals surface area contributed by atoms with Crippen LogP contribution in [0.4, 0.5) is 16.5 Å². The minimum Gasteiger partial charge on any atom is -0.506 e. The minimum atomic E-state index is 0.116. The van der Waals surface area contributed by atoms with Crippen LogP contribution in [0.2, 0.25) is 0 Å². The van der Waals surface area contributed by atoms with E-state index in [4.69, 9.17) is 5.73 Å². The van der Waals surface area contributed by atoms with Gasteiger partial charge in [-0.15, -0.1) is 0 Å². The molecule has 0 unspecified atom stereocenters. The van der Waals surface area contributed by atoms with Crippen molar-refractivity contribution in [3.8, 4) is 17.6 Å². The Balaban J connectivity index is 1.31. The van der Waals surface area contributed by atoms with Gasteiger partial charge in [0.2, 0.25) is 0 Å². The zero-order chi connectivity index (χ0) is 20.8. The van der Waals surface area contributed by atoms with Gasteiger partial charge in [-0.2, -0.15) is 0 Å². The molecule has 0 radical (unpaired) electrons. The molecule has 0 saturated heterocycles. The number of nitrogen functional groups attached to an aromatic ring is 1. The van der Waals surface area contributed by atoms with Crippen LogP contribution in [-0.2, 0) is 0 Å². The predicted molar refractivity (Wildman–Crippen MR) is 127 cm³/mol. The molecule has 0 spiro atoms. The topological polar surface area (TPSA) is 83.2 Å². The molecule has 0 atom stereocenters. The molecule has 5 nitrogen and oxygen atoms in total. The van der Waals surface area contributed by atoms with Crippen molar-refractivity contribution in [1.29, 1.82) is 0 Å². The number of anilines is 3. The van der Waals surface area contributed by atoms with Crippen LogP contribution in [-0.4, -0.2) is 23.2 Å². The Morgan fingerprint density at radius 3 is 2.70 bits per heavy atom. The van der Waals surface area contributed by atoms with Gasteiger partial charge < -0.3 is 21.5 Å². The van der Waals surface area contributed by atoms with Gasteiger partial charge in [-0.3, -0.25) is 0 Å². The maximum absolute atomic E-state index is 10.1. The summed E-state index contributed by atoms with van der Waals surface area (Å²) in [5.41, 5.74) is 9.19. The third-order valence-electron chi connectivity index (χ3n) is 5.60. The number of phenols is 1. The van der Waals surface area contributed by atoms with Gasteiger partial charge in [0.25, 0.3) is 0 Å². The lowest BCUT2D eigenvalue weighted by Gasteiger charge is -2.13. The van der Waals surface area contributed by atoms with E-state index in [1.807, 2.05) is 12.1 Å². The lowest BCUT2D eigenvalue weighted by Crippen LogP contribution is -2.07. The van der Waals surface area contributed by atoms with Crippen molar-refractivity contribution in [1.82, 2.24) is 4.98 Å². The van der Waals surface area contributed by atoms with Crippen molar-refractivity contribution in [2.24, 2.45) is 5.92 Å². The molecule has 1 aliphatic carbocycles. The van der Waals surface area contributed by atoms with E-state index >= 15 is 0 Å². The van der Waals surface area contributed by atoms with Crippen LogP contribution in [0.3, 0.4) is 0 Å². The molecule has 6 heteroatoms. The van der Waals surface area contributed by atoms with E-state index < -0.39 is 0 Å².